The highest BCUT2D eigenvalue weighted by atomic mass is 16.5. The van der Waals surface area contributed by atoms with Crippen molar-refractivity contribution in [3.05, 3.63) is 47.1 Å². The summed E-state index contributed by atoms with van der Waals surface area (Å²) in [5, 5.41) is 0. The minimum Gasteiger partial charge on any atom is -0.497 e. The number of benzene rings is 1. The Balaban J connectivity index is 1.89. The molecule has 1 aliphatic heterocycles. The SMILES string of the molecule is COC(=O)C(C)/C=C\C/C(C)=C/CC[C@]1(C)CCc2cc(OC)cc(C)c2O1. The first kappa shape index (κ1) is 22.1. The molecule has 0 aromatic heterocycles. The highest BCUT2D eigenvalue weighted by Gasteiger charge is 2.32. The summed E-state index contributed by atoms with van der Waals surface area (Å²) in [6.07, 6.45) is 11.1. The van der Waals surface area contributed by atoms with Crippen LogP contribution in [0.3, 0.4) is 0 Å². The van der Waals surface area contributed by atoms with E-state index in [0.29, 0.717) is 0 Å². The van der Waals surface area contributed by atoms with E-state index in [-0.39, 0.29) is 17.5 Å². The van der Waals surface area contributed by atoms with Gasteiger partial charge in [-0.25, -0.2) is 0 Å². The normalized spacial score (nSPS) is 20.4. The number of carbonyl (C=O) groups is 1. The van der Waals surface area contributed by atoms with E-state index in [1.54, 1.807) is 7.11 Å². The van der Waals surface area contributed by atoms with Crippen molar-refractivity contribution >= 4 is 5.97 Å². The Bertz CT molecular complexity index is 747. The molecule has 4 nitrogen and oxygen atoms in total. The zero-order valence-corrected chi connectivity index (χ0v) is 18.1. The predicted octanol–water partition coefficient (Wildman–Crippen LogP) is 5.57. The van der Waals surface area contributed by atoms with Crippen LogP contribution in [0.15, 0.2) is 35.9 Å². The van der Waals surface area contributed by atoms with Gasteiger partial charge in [0.1, 0.15) is 17.1 Å². The summed E-state index contributed by atoms with van der Waals surface area (Å²) >= 11 is 0. The maximum Gasteiger partial charge on any atom is 0.312 e. The number of hydrogen-bond donors (Lipinski definition) is 0. The van der Waals surface area contributed by atoms with Gasteiger partial charge in [0, 0.05) is 0 Å². The molecular formula is C24H34O4. The fraction of sp³-hybridized carbons (Fsp3) is 0.542. The zero-order chi connectivity index (χ0) is 20.7. The van der Waals surface area contributed by atoms with Crippen LogP contribution < -0.4 is 9.47 Å². The molecule has 0 fully saturated rings. The molecule has 2 rings (SSSR count). The first-order valence-corrected chi connectivity index (χ1v) is 10.0. The summed E-state index contributed by atoms with van der Waals surface area (Å²) in [5.41, 5.74) is 3.54. The molecule has 1 heterocycles. The highest BCUT2D eigenvalue weighted by Crippen LogP contribution is 2.40. The van der Waals surface area contributed by atoms with Crippen LogP contribution in [-0.4, -0.2) is 25.8 Å². The third kappa shape index (κ3) is 5.88. The molecule has 0 spiro atoms. The van der Waals surface area contributed by atoms with E-state index in [0.717, 1.165) is 49.2 Å². The van der Waals surface area contributed by atoms with Crippen molar-refractivity contribution in [1.29, 1.82) is 0 Å². The summed E-state index contributed by atoms with van der Waals surface area (Å²) in [7, 11) is 3.12. The van der Waals surface area contributed by atoms with Crippen molar-refractivity contribution in [2.45, 2.75) is 65.4 Å². The average molecular weight is 387 g/mol. The molecule has 0 bridgehead atoms. The predicted molar refractivity (Wildman–Crippen MR) is 113 cm³/mol. The number of hydrogen-bond acceptors (Lipinski definition) is 4. The summed E-state index contributed by atoms with van der Waals surface area (Å²) in [4.78, 5) is 11.4. The topological polar surface area (TPSA) is 44.8 Å². The van der Waals surface area contributed by atoms with Gasteiger partial charge in [-0.15, -0.1) is 0 Å². The third-order valence-electron chi connectivity index (χ3n) is 5.44. The van der Waals surface area contributed by atoms with Crippen LogP contribution >= 0.6 is 0 Å². The molecule has 1 aromatic carbocycles. The molecule has 4 heteroatoms. The summed E-state index contributed by atoms with van der Waals surface area (Å²) in [5.74, 6) is 1.52. The lowest BCUT2D eigenvalue weighted by Crippen LogP contribution is -2.36. The minimum atomic E-state index is -0.201. The largest absolute Gasteiger partial charge is 0.497 e. The number of fused-ring (bicyclic) bond motifs is 1. The fourth-order valence-electron chi connectivity index (χ4n) is 3.56. The van der Waals surface area contributed by atoms with Gasteiger partial charge < -0.3 is 14.2 Å². The lowest BCUT2D eigenvalue weighted by Gasteiger charge is -2.37. The van der Waals surface area contributed by atoms with Crippen LogP contribution in [0.4, 0.5) is 0 Å². The van der Waals surface area contributed by atoms with Gasteiger partial charge in [-0.3, -0.25) is 4.79 Å². The monoisotopic (exact) mass is 386 g/mol. The van der Waals surface area contributed by atoms with Crippen molar-refractivity contribution in [1.82, 2.24) is 0 Å². The molecule has 1 aromatic rings. The molecule has 0 N–H and O–H groups in total. The first-order chi connectivity index (χ1) is 13.3. The molecule has 28 heavy (non-hydrogen) atoms. The van der Waals surface area contributed by atoms with E-state index in [1.165, 1.54) is 18.2 Å². The lowest BCUT2D eigenvalue weighted by molar-refractivity contribution is -0.143. The second-order valence-corrected chi connectivity index (χ2v) is 8.02. The van der Waals surface area contributed by atoms with Gasteiger partial charge >= 0.3 is 5.97 Å². The standard InChI is InChI=1S/C24H34O4/c1-17(9-7-11-18(2)23(25)27-6)10-8-13-24(4)14-12-20-16-21(26-5)15-19(3)22(20)28-24/h7,10-11,15-16,18H,8-9,12-14H2,1-6H3/b11-7-,17-10+/t18?,24-/m1/s1. The summed E-state index contributed by atoms with van der Waals surface area (Å²) in [6.45, 7) is 8.26. The summed E-state index contributed by atoms with van der Waals surface area (Å²) < 4.78 is 16.5. The number of ether oxygens (including phenoxy) is 3. The van der Waals surface area contributed by atoms with Crippen LogP contribution in [0.5, 0.6) is 11.5 Å². The van der Waals surface area contributed by atoms with Gasteiger partial charge in [0.05, 0.1) is 20.1 Å². The van der Waals surface area contributed by atoms with Crippen molar-refractivity contribution in [2.75, 3.05) is 14.2 Å². The van der Waals surface area contributed by atoms with Gasteiger partial charge in [-0.05, 0) is 83.1 Å². The van der Waals surface area contributed by atoms with Crippen LogP contribution in [0.1, 0.15) is 57.6 Å². The van der Waals surface area contributed by atoms with Crippen LogP contribution in [0.2, 0.25) is 0 Å². The second-order valence-electron chi connectivity index (χ2n) is 8.02. The van der Waals surface area contributed by atoms with Gasteiger partial charge in [0.2, 0.25) is 0 Å². The van der Waals surface area contributed by atoms with E-state index >= 15 is 0 Å². The molecule has 0 aliphatic carbocycles. The van der Waals surface area contributed by atoms with Crippen molar-refractivity contribution < 1.29 is 19.0 Å². The van der Waals surface area contributed by atoms with Crippen LogP contribution in [-0.2, 0) is 16.0 Å². The molecule has 1 unspecified atom stereocenters. The van der Waals surface area contributed by atoms with E-state index in [4.69, 9.17) is 14.2 Å². The quantitative estimate of drug-likeness (QED) is 0.433. The molecule has 0 radical (unpaired) electrons. The first-order valence-electron chi connectivity index (χ1n) is 10.0. The third-order valence-corrected chi connectivity index (χ3v) is 5.44. The average Bonchev–Trinajstić information content (AvgIpc) is 2.67. The maximum absolute atomic E-state index is 11.4. The van der Waals surface area contributed by atoms with Crippen molar-refractivity contribution in [3.63, 3.8) is 0 Å². The second kappa shape index (κ2) is 9.81. The van der Waals surface area contributed by atoms with Crippen LogP contribution in [0.25, 0.3) is 0 Å². The number of aryl methyl sites for hydroxylation is 2. The highest BCUT2D eigenvalue weighted by molar-refractivity contribution is 5.73. The number of methoxy groups -OCH3 is 2. The van der Waals surface area contributed by atoms with E-state index in [1.807, 2.05) is 25.1 Å². The van der Waals surface area contributed by atoms with E-state index < -0.39 is 0 Å². The Hall–Kier alpha value is -2.23. The number of rotatable bonds is 8. The fourth-order valence-corrected chi connectivity index (χ4v) is 3.56. The lowest BCUT2D eigenvalue weighted by atomic mass is 9.87. The number of carbonyl (C=O) groups excluding carboxylic acids is 1. The molecule has 1 aliphatic rings. The van der Waals surface area contributed by atoms with Crippen molar-refractivity contribution in [2.24, 2.45) is 5.92 Å². The Morgan fingerprint density at radius 2 is 2.11 bits per heavy atom. The molecule has 2 atom stereocenters. The Kier molecular flexibility index (Phi) is 7.73. The molecule has 0 amide bonds. The van der Waals surface area contributed by atoms with Crippen molar-refractivity contribution in [3.8, 4) is 11.5 Å². The Morgan fingerprint density at radius 3 is 2.79 bits per heavy atom. The molecule has 0 saturated heterocycles. The molecular weight excluding hydrogens is 352 g/mol. The summed E-state index contributed by atoms with van der Waals surface area (Å²) in [6, 6.07) is 4.13. The Morgan fingerprint density at radius 1 is 1.36 bits per heavy atom. The van der Waals surface area contributed by atoms with Crippen LogP contribution in [0, 0.1) is 12.8 Å². The number of allylic oxidation sites excluding steroid dienone is 3. The molecule has 0 saturated carbocycles. The maximum atomic E-state index is 11.4. The van der Waals surface area contributed by atoms with Gasteiger partial charge in [-0.2, -0.15) is 0 Å². The van der Waals surface area contributed by atoms with Gasteiger partial charge in [0.25, 0.3) is 0 Å². The van der Waals surface area contributed by atoms with E-state index in [9.17, 15) is 4.79 Å². The Labute approximate surface area is 169 Å². The van der Waals surface area contributed by atoms with Gasteiger partial charge in [0.15, 0.2) is 0 Å². The minimum absolute atomic E-state index is 0.141. The number of esters is 1. The molecule has 154 valence electrons. The smallest absolute Gasteiger partial charge is 0.312 e. The van der Waals surface area contributed by atoms with Gasteiger partial charge in [-0.1, -0.05) is 23.8 Å². The zero-order valence-electron chi connectivity index (χ0n) is 18.1. The van der Waals surface area contributed by atoms with E-state index in [2.05, 4.69) is 32.9 Å².